The number of rotatable bonds is 64. The summed E-state index contributed by atoms with van der Waals surface area (Å²) in [4.78, 5) is 41.0. The number of hydrogen-bond donors (Lipinski definition) is 1. The van der Waals surface area contributed by atoms with Gasteiger partial charge in [-0.2, -0.15) is 0 Å². The number of carboxylic acid groups (broad SMARTS) is 4. The summed E-state index contributed by atoms with van der Waals surface area (Å²) >= 11 is 0. The zero-order valence-corrected chi connectivity index (χ0v) is 59.7. The van der Waals surface area contributed by atoms with Crippen LogP contribution in [0.25, 0.3) is 0 Å². The molecule has 0 radical (unpaired) electrons. The molecular weight excluding hydrogens is 1040 g/mol. The Morgan fingerprint density at radius 3 is 0.402 bits per heavy atom. The number of carbonyl (C=O) groups excluding carboxylic acids is 3. The molecule has 0 aromatic carbocycles. The molecule has 0 fully saturated rings. The number of carboxylic acids is 4. The molecule has 0 aromatic heterocycles. The average Bonchev–Trinajstić information content (AvgIpc) is 3.43. The Morgan fingerprint density at radius 1 is 0.207 bits per heavy atom. The van der Waals surface area contributed by atoms with E-state index in [9.17, 15) is 34.5 Å². The predicted molar refractivity (Wildman–Crippen MR) is 347 cm³/mol. The van der Waals surface area contributed by atoms with Crippen LogP contribution in [-0.2, 0) is 19.2 Å². The van der Waals surface area contributed by atoms with E-state index in [1.54, 1.807) is 0 Å². The van der Waals surface area contributed by atoms with Crippen molar-refractivity contribution < 1.29 is 69.2 Å². The van der Waals surface area contributed by atoms with Crippen molar-refractivity contribution in [3.05, 3.63) is 0 Å². The molecule has 0 bridgehead atoms. The van der Waals surface area contributed by atoms with Crippen LogP contribution in [0.5, 0.6) is 0 Å². The number of unbranched alkanes of at least 4 members (excludes halogenated alkanes) is 56. The van der Waals surface area contributed by atoms with Crippen molar-refractivity contribution in [1.82, 2.24) is 0 Å². The molecular formula is C72H141MgNaO8. The molecule has 0 heterocycles. The van der Waals surface area contributed by atoms with Crippen molar-refractivity contribution in [2.45, 2.75) is 439 Å². The Bertz CT molecular complexity index is 998. The van der Waals surface area contributed by atoms with Gasteiger partial charge in [0.2, 0.25) is 0 Å². The smallest absolute Gasteiger partial charge is 0.550 e. The fourth-order valence-electron chi connectivity index (χ4n) is 10.6. The molecule has 82 heavy (non-hydrogen) atoms. The SMILES string of the molecule is CCCCCCCCCCCCCCCCCC(=O)O.CCCCCCCCCCCCCCCCCC(=O)[O-].CCCCCCCCCCCCCCCCCC(=O)[O-].CCCCCCCCCCCCCCCCCC(=O)[O-].[Mg+2].[Na+]. The normalized spacial score (nSPS) is 10.6. The Labute approximate surface area is 550 Å². The average molecular weight is 1180 g/mol. The van der Waals surface area contributed by atoms with Gasteiger partial charge in [-0.05, 0) is 44.9 Å². The molecule has 0 unspecified atom stereocenters. The first-order valence-corrected chi connectivity index (χ1v) is 35.9. The molecule has 0 atom stereocenters. The Kier molecular flexibility index (Phi) is 101. The molecule has 10 heteroatoms. The predicted octanol–water partition coefficient (Wildman–Crippen LogP) is 17.9. The quantitative estimate of drug-likeness (QED) is 0.0466. The molecule has 1 N–H and O–H groups in total. The van der Waals surface area contributed by atoms with Gasteiger partial charge in [0, 0.05) is 24.3 Å². The second-order valence-corrected chi connectivity index (χ2v) is 24.3. The third-order valence-electron chi connectivity index (χ3n) is 15.9. The Balaban J connectivity index is -0.000000233. The molecule has 0 saturated heterocycles. The van der Waals surface area contributed by atoms with Crippen LogP contribution in [0.2, 0.25) is 0 Å². The second kappa shape index (κ2) is 89.4. The topological polar surface area (TPSA) is 158 Å². The van der Waals surface area contributed by atoms with E-state index in [1.807, 2.05) is 0 Å². The maximum atomic E-state index is 10.3. The van der Waals surface area contributed by atoms with Gasteiger partial charge in [0.25, 0.3) is 0 Å². The number of aliphatic carboxylic acids is 4. The summed E-state index contributed by atoms with van der Waals surface area (Å²) in [5.74, 6) is -3.36. The van der Waals surface area contributed by atoms with E-state index in [0.29, 0.717) is 6.42 Å². The molecule has 0 aliphatic heterocycles. The van der Waals surface area contributed by atoms with Crippen molar-refractivity contribution in [2.75, 3.05) is 0 Å². The van der Waals surface area contributed by atoms with E-state index < -0.39 is 23.9 Å². The number of carbonyl (C=O) groups is 4. The maximum absolute atomic E-state index is 10.3. The van der Waals surface area contributed by atoms with Crippen molar-refractivity contribution in [2.24, 2.45) is 0 Å². The number of hydrogen-bond acceptors (Lipinski definition) is 7. The Morgan fingerprint density at radius 2 is 0.305 bits per heavy atom. The maximum Gasteiger partial charge on any atom is 2.00 e. The van der Waals surface area contributed by atoms with Gasteiger partial charge in [0.05, 0.1) is 0 Å². The van der Waals surface area contributed by atoms with Crippen LogP contribution in [0.1, 0.15) is 439 Å². The first kappa shape index (κ1) is 92.8. The molecule has 0 aliphatic rings. The van der Waals surface area contributed by atoms with Crippen molar-refractivity contribution in [3.63, 3.8) is 0 Å². The van der Waals surface area contributed by atoms with E-state index >= 15 is 0 Å². The summed E-state index contributed by atoms with van der Waals surface area (Å²) in [6.07, 6.45) is 79.8. The molecule has 0 aromatic rings. The minimum absolute atomic E-state index is 0. The summed E-state index contributed by atoms with van der Waals surface area (Å²) in [5.41, 5.74) is 0. The first-order chi connectivity index (χ1) is 39.1. The summed E-state index contributed by atoms with van der Waals surface area (Å²) in [7, 11) is 0. The van der Waals surface area contributed by atoms with Crippen LogP contribution >= 0.6 is 0 Å². The van der Waals surface area contributed by atoms with E-state index in [2.05, 4.69) is 27.7 Å². The zero-order valence-electron chi connectivity index (χ0n) is 56.3. The van der Waals surface area contributed by atoms with Crippen LogP contribution < -0.4 is 44.9 Å². The van der Waals surface area contributed by atoms with Gasteiger partial charge in [-0.1, -0.05) is 387 Å². The third kappa shape index (κ3) is 108. The standard InChI is InChI=1S/4C18H36O2.Mg.Na/c4*1-2-3-4-5-6-7-8-9-10-11-12-13-14-15-16-17-18(19)20;;/h4*2-17H2,1H3,(H,19,20);;/q;;;;+2;+1/p-3. The summed E-state index contributed by atoms with van der Waals surface area (Å²) < 4.78 is 0. The van der Waals surface area contributed by atoms with Gasteiger partial charge in [-0.25, -0.2) is 0 Å². The Hall–Kier alpha value is -0.354. The van der Waals surface area contributed by atoms with Crippen molar-refractivity contribution in [3.8, 4) is 0 Å². The molecule has 480 valence electrons. The largest absolute Gasteiger partial charge is 2.00 e. The minimum atomic E-state index is -0.903. The van der Waals surface area contributed by atoms with Crippen LogP contribution in [0.15, 0.2) is 0 Å². The zero-order chi connectivity index (χ0) is 59.6. The van der Waals surface area contributed by atoms with Crippen LogP contribution in [0, 0.1) is 0 Å². The van der Waals surface area contributed by atoms with Crippen LogP contribution in [0.3, 0.4) is 0 Å². The molecule has 0 spiro atoms. The summed E-state index contributed by atoms with van der Waals surface area (Å²) in [6.45, 7) is 9.07. The third-order valence-corrected chi connectivity index (χ3v) is 15.9. The molecule has 0 amide bonds. The summed E-state index contributed by atoms with van der Waals surface area (Å²) in [5, 5.41) is 39.2. The van der Waals surface area contributed by atoms with Gasteiger partial charge in [-0.3, -0.25) is 4.79 Å². The van der Waals surface area contributed by atoms with Gasteiger partial charge in [0.15, 0.2) is 0 Å². The van der Waals surface area contributed by atoms with Crippen molar-refractivity contribution in [1.29, 1.82) is 0 Å². The van der Waals surface area contributed by atoms with Crippen molar-refractivity contribution >= 4 is 46.9 Å². The fourth-order valence-corrected chi connectivity index (χ4v) is 10.6. The minimum Gasteiger partial charge on any atom is -0.550 e. The second-order valence-electron chi connectivity index (χ2n) is 24.3. The summed E-state index contributed by atoms with van der Waals surface area (Å²) in [6, 6.07) is 0. The van der Waals surface area contributed by atoms with E-state index in [1.165, 1.54) is 334 Å². The van der Waals surface area contributed by atoms with Gasteiger partial charge >= 0.3 is 58.6 Å². The fraction of sp³-hybridized carbons (Fsp3) is 0.944. The van der Waals surface area contributed by atoms with Gasteiger partial charge < -0.3 is 34.8 Å². The van der Waals surface area contributed by atoms with Gasteiger partial charge in [0.1, 0.15) is 0 Å². The van der Waals surface area contributed by atoms with Crippen LogP contribution in [-0.4, -0.2) is 52.0 Å². The van der Waals surface area contributed by atoms with E-state index in [-0.39, 0.29) is 71.9 Å². The van der Waals surface area contributed by atoms with E-state index in [0.717, 1.165) is 51.4 Å². The molecule has 8 nitrogen and oxygen atoms in total. The molecule has 0 aliphatic carbocycles. The first-order valence-electron chi connectivity index (χ1n) is 35.9. The van der Waals surface area contributed by atoms with Gasteiger partial charge in [-0.15, -0.1) is 0 Å². The molecule has 0 saturated carbocycles. The van der Waals surface area contributed by atoms with Crippen LogP contribution in [0.4, 0.5) is 0 Å². The monoisotopic (exact) mass is 1180 g/mol. The van der Waals surface area contributed by atoms with E-state index in [4.69, 9.17) is 5.11 Å². The molecule has 0 rings (SSSR count).